The Morgan fingerprint density at radius 2 is 2.22 bits per heavy atom. The third kappa shape index (κ3) is 3.09. The van der Waals surface area contributed by atoms with E-state index in [1.54, 1.807) is 25.1 Å². The Bertz CT molecular complexity index is 440. The molecule has 0 bridgehead atoms. The molecule has 0 aliphatic heterocycles. The zero-order valence-electron chi connectivity index (χ0n) is 11.0. The number of rotatable bonds is 5. The lowest BCUT2D eigenvalue weighted by Crippen LogP contribution is -2.35. The Hall–Kier alpha value is -1.38. The summed E-state index contributed by atoms with van der Waals surface area (Å²) in [6.45, 7) is 3.73. The van der Waals surface area contributed by atoms with Crippen molar-refractivity contribution in [3.63, 3.8) is 0 Å². The van der Waals surface area contributed by atoms with Crippen LogP contribution in [-0.2, 0) is 0 Å². The maximum absolute atomic E-state index is 13.8. The molecule has 18 heavy (non-hydrogen) atoms. The van der Waals surface area contributed by atoms with Crippen LogP contribution in [0.1, 0.15) is 48.5 Å². The van der Waals surface area contributed by atoms with Gasteiger partial charge in [0, 0.05) is 6.04 Å². The van der Waals surface area contributed by atoms with Gasteiger partial charge in [0.25, 0.3) is 5.91 Å². The Balaban J connectivity index is 2.03. The molecule has 1 N–H and O–H groups in total. The van der Waals surface area contributed by atoms with Crippen molar-refractivity contribution in [3.8, 4) is 0 Å². The quantitative estimate of drug-likeness (QED) is 0.851. The highest BCUT2D eigenvalue weighted by Gasteiger charge is 2.26. The molecule has 0 aromatic heterocycles. The van der Waals surface area contributed by atoms with Crippen LogP contribution in [0.4, 0.5) is 4.39 Å². The second-order valence-electron chi connectivity index (χ2n) is 5.19. The first-order valence-electron chi connectivity index (χ1n) is 6.67. The predicted octanol–water partition coefficient (Wildman–Crippen LogP) is 3.44. The van der Waals surface area contributed by atoms with Crippen LogP contribution in [0.3, 0.4) is 0 Å². The third-order valence-electron chi connectivity index (χ3n) is 3.58. The van der Waals surface area contributed by atoms with Crippen molar-refractivity contribution >= 4 is 5.91 Å². The van der Waals surface area contributed by atoms with E-state index >= 15 is 0 Å². The first-order chi connectivity index (χ1) is 8.61. The lowest BCUT2D eigenvalue weighted by Gasteiger charge is -2.17. The molecule has 98 valence electrons. The zero-order valence-corrected chi connectivity index (χ0v) is 11.0. The summed E-state index contributed by atoms with van der Waals surface area (Å²) in [5, 5.41) is 2.94. The summed E-state index contributed by atoms with van der Waals surface area (Å²) in [7, 11) is 0. The van der Waals surface area contributed by atoms with Crippen molar-refractivity contribution in [3.05, 3.63) is 35.1 Å². The standard InChI is InChI=1S/C15H20FNO/c1-3-12(9-11-7-8-11)17-15(18)13-6-4-5-10(2)14(13)16/h4-6,11-12H,3,7-9H2,1-2H3,(H,17,18). The van der Waals surface area contributed by atoms with Crippen LogP contribution in [0, 0.1) is 18.7 Å². The van der Waals surface area contributed by atoms with Gasteiger partial charge in [0.2, 0.25) is 0 Å². The van der Waals surface area contributed by atoms with E-state index in [4.69, 9.17) is 0 Å². The second kappa shape index (κ2) is 5.51. The second-order valence-corrected chi connectivity index (χ2v) is 5.19. The molecule has 1 aromatic carbocycles. The molecule has 1 saturated carbocycles. The lowest BCUT2D eigenvalue weighted by atomic mass is 10.1. The van der Waals surface area contributed by atoms with Gasteiger partial charge in [-0.25, -0.2) is 4.39 Å². The summed E-state index contributed by atoms with van der Waals surface area (Å²) in [5.74, 6) is 0.0672. The molecule has 0 radical (unpaired) electrons. The summed E-state index contributed by atoms with van der Waals surface area (Å²) in [4.78, 5) is 12.0. The van der Waals surface area contributed by atoms with Crippen LogP contribution in [0.5, 0.6) is 0 Å². The summed E-state index contributed by atoms with van der Waals surface area (Å²) >= 11 is 0. The topological polar surface area (TPSA) is 29.1 Å². The van der Waals surface area contributed by atoms with Gasteiger partial charge in [0.1, 0.15) is 5.82 Å². The van der Waals surface area contributed by atoms with E-state index in [9.17, 15) is 9.18 Å². The fourth-order valence-corrected chi connectivity index (χ4v) is 2.17. The van der Waals surface area contributed by atoms with Crippen LogP contribution in [0.2, 0.25) is 0 Å². The number of nitrogens with one attached hydrogen (secondary N) is 1. The van der Waals surface area contributed by atoms with E-state index in [1.807, 2.05) is 0 Å². The number of amides is 1. The Morgan fingerprint density at radius 3 is 2.83 bits per heavy atom. The van der Waals surface area contributed by atoms with Crippen molar-refractivity contribution in [2.75, 3.05) is 0 Å². The Labute approximate surface area is 108 Å². The molecule has 1 unspecified atom stereocenters. The molecule has 1 atom stereocenters. The maximum Gasteiger partial charge on any atom is 0.254 e. The molecule has 2 rings (SSSR count). The maximum atomic E-state index is 13.8. The number of hydrogen-bond acceptors (Lipinski definition) is 1. The number of carbonyl (C=O) groups is 1. The van der Waals surface area contributed by atoms with Crippen LogP contribution in [0.25, 0.3) is 0 Å². The molecular weight excluding hydrogens is 229 g/mol. The van der Waals surface area contributed by atoms with Crippen molar-refractivity contribution in [2.45, 2.75) is 45.6 Å². The van der Waals surface area contributed by atoms with Crippen molar-refractivity contribution in [1.29, 1.82) is 0 Å². The largest absolute Gasteiger partial charge is 0.349 e. The molecule has 0 spiro atoms. The van der Waals surface area contributed by atoms with E-state index in [0.717, 1.165) is 18.8 Å². The number of carbonyl (C=O) groups excluding carboxylic acids is 1. The molecule has 3 heteroatoms. The minimum absolute atomic E-state index is 0.157. The van der Waals surface area contributed by atoms with E-state index in [-0.39, 0.29) is 17.5 Å². The Morgan fingerprint density at radius 1 is 1.50 bits per heavy atom. The SMILES string of the molecule is CCC(CC1CC1)NC(=O)c1cccc(C)c1F. The normalized spacial score (nSPS) is 16.4. The molecule has 0 heterocycles. The summed E-state index contributed by atoms with van der Waals surface area (Å²) < 4.78 is 13.8. The van der Waals surface area contributed by atoms with E-state index in [0.29, 0.717) is 5.56 Å². The summed E-state index contributed by atoms with van der Waals surface area (Å²) in [6.07, 6.45) is 4.46. The summed E-state index contributed by atoms with van der Waals surface area (Å²) in [5.41, 5.74) is 0.669. The highest BCUT2D eigenvalue weighted by molar-refractivity contribution is 5.94. The van der Waals surface area contributed by atoms with Gasteiger partial charge in [-0.3, -0.25) is 4.79 Å². The van der Waals surface area contributed by atoms with Crippen molar-refractivity contribution in [2.24, 2.45) is 5.92 Å². The van der Waals surface area contributed by atoms with Crippen molar-refractivity contribution < 1.29 is 9.18 Å². The van der Waals surface area contributed by atoms with Crippen molar-refractivity contribution in [1.82, 2.24) is 5.32 Å². The number of benzene rings is 1. The summed E-state index contributed by atoms with van der Waals surface area (Å²) in [6, 6.07) is 5.11. The van der Waals surface area contributed by atoms with Crippen LogP contribution < -0.4 is 5.32 Å². The lowest BCUT2D eigenvalue weighted by molar-refractivity contribution is 0.0928. The number of hydrogen-bond donors (Lipinski definition) is 1. The fraction of sp³-hybridized carbons (Fsp3) is 0.533. The monoisotopic (exact) mass is 249 g/mol. The molecule has 1 fully saturated rings. The minimum Gasteiger partial charge on any atom is -0.349 e. The predicted molar refractivity (Wildman–Crippen MR) is 70.0 cm³/mol. The van der Waals surface area contributed by atoms with Crippen LogP contribution in [-0.4, -0.2) is 11.9 Å². The van der Waals surface area contributed by atoms with E-state index in [1.165, 1.54) is 12.8 Å². The smallest absolute Gasteiger partial charge is 0.254 e. The fourth-order valence-electron chi connectivity index (χ4n) is 2.17. The Kier molecular flexibility index (Phi) is 4.00. The highest BCUT2D eigenvalue weighted by Crippen LogP contribution is 2.34. The molecule has 1 amide bonds. The first-order valence-corrected chi connectivity index (χ1v) is 6.67. The number of aryl methyl sites for hydroxylation is 1. The number of halogens is 1. The zero-order chi connectivity index (χ0) is 13.1. The van der Waals surface area contributed by atoms with Gasteiger partial charge >= 0.3 is 0 Å². The molecule has 1 aliphatic rings. The van der Waals surface area contributed by atoms with Gasteiger partial charge in [-0.15, -0.1) is 0 Å². The minimum atomic E-state index is -0.406. The van der Waals surface area contributed by atoms with Crippen LogP contribution in [0.15, 0.2) is 18.2 Å². The average molecular weight is 249 g/mol. The van der Waals surface area contributed by atoms with Crippen LogP contribution >= 0.6 is 0 Å². The highest BCUT2D eigenvalue weighted by atomic mass is 19.1. The van der Waals surface area contributed by atoms with Gasteiger partial charge in [0.05, 0.1) is 5.56 Å². The molecule has 1 aromatic rings. The molecule has 2 nitrogen and oxygen atoms in total. The van der Waals surface area contributed by atoms with Gasteiger partial charge < -0.3 is 5.32 Å². The average Bonchev–Trinajstić information content (AvgIpc) is 3.15. The van der Waals surface area contributed by atoms with Gasteiger partial charge in [-0.1, -0.05) is 31.9 Å². The molecule has 1 aliphatic carbocycles. The molecule has 0 saturated heterocycles. The molecular formula is C15H20FNO. The van der Waals surface area contributed by atoms with Gasteiger partial charge in [-0.05, 0) is 37.3 Å². The first kappa shape index (κ1) is 13.1. The third-order valence-corrected chi connectivity index (χ3v) is 3.58. The van der Waals surface area contributed by atoms with E-state index in [2.05, 4.69) is 12.2 Å². The van der Waals surface area contributed by atoms with E-state index < -0.39 is 5.82 Å². The van der Waals surface area contributed by atoms with Gasteiger partial charge in [0.15, 0.2) is 0 Å². The van der Waals surface area contributed by atoms with Gasteiger partial charge in [-0.2, -0.15) is 0 Å².